The van der Waals surface area contributed by atoms with E-state index < -0.39 is 0 Å². The maximum Gasteiger partial charge on any atom is 0.220 e. The fourth-order valence-electron chi connectivity index (χ4n) is 4.05. The van der Waals surface area contributed by atoms with Crippen molar-refractivity contribution in [1.82, 2.24) is 10.2 Å². The van der Waals surface area contributed by atoms with Gasteiger partial charge in [0.2, 0.25) is 5.91 Å². The number of hydrogen-bond acceptors (Lipinski definition) is 4. The van der Waals surface area contributed by atoms with Gasteiger partial charge in [-0.05, 0) is 43.1 Å². The summed E-state index contributed by atoms with van der Waals surface area (Å²) in [6.45, 7) is 5.77. The van der Waals surface area contributed by atoms with Crippen LogP contribution in [0, 0.1) is 0 Å². The van der Waals surface area contributed by atoms with E-state index in [1.54, 1.807) is 0 Å². The topological polar surface area (TPSA) is 44.8 Å². The molecule has 2 aromatic rings. The number of nitrogens with one attached hydrogen (secondary N) is 1. The normalized spacial score (nSPS) is 19.6. The molecule has 1 fully saturated rings. The minimum Gasteiger partial charge on any atom is -0.491 e. The maximum atomic E-state index is 12.3. The van der Waals surface area contributed by atoms with Gasteiger partial charge in [0, 0.05) is 38.3 Å². The maximum absolute atomic E-state index is 12.3. The summed E-state index contributed by atoms with van der Waals surface area (Å²) in [6, 6.07) is 18.7. The Hall–Kier alpha value is -2.53. The molecule has 1 N–H and O–H groups in total. The van der Waals surface area contributed by atoms with Crippen molar-refractivity contribution in [3.05, 3.63) is 60.2 Å². The fourth-order valence-corrected chi connectivity index (χ4v) is 4.05. The lowest BCUT2D eigenvalue weighted by atomic mass is 10.0. The van der Waals surface area contributed by atoms with E-state index in [2.05, 4.69) is 51.5 Å². The molecule has 5 heteroatoms. The van der Waals surface area contributed by atoms with Crippen LogP contribution in [-0.2, 0) is 11.2 Å². The molecule has 2 aliphatic rings. The Morgan fingerprint density at radius 2 is 1.75 bits per heavy atom. The number of fused-ring (bicyclic) bond motifs is 1. The third-order valence-electron chi connectivity index (χ3n) is 5.62. The molecule has 0 unspecified atom stereocenters. The van der Waals surface area contributed by atoms with Gasteiger partial charge in [0.15, 0.2) is 0 Å². The highest BCUT2D eigenvalue weighted by molar-refractivity contribution is 5.76. The summed E-state index contributed by atoms with van der Waals surface area (Å²) < 4.78 is 5.76. The molecule has 2 aliphatic heterocycles. The SMILES string of the molecule is O=C(CCCN1CCN(c2ccccc2)CC1)N[C@@H]1COc2ccccc2C1. The van der Waals surface area contributed by atoms with Gasteiger partial charge < -0.3 is 15.0 Å². The number of ether oxygens (including phenoxy) is 1. The van der Waals surface area contributed by atoms with Gasteiger partial charge in [-0.1, -0.05) is 36.4 Å². The molecule has 1 amide bonds. The first-order valence-corrected chi connectivity index (χ1v) is 10.3. The summed E-state index contributed by atoms with van der Waals surface area (Å²) in [4.78, 5) is 17.2. The first kappa shape index (κ1) is 18.8. The predicted molar refractivity (Wildman–Crippen MR) is 112 cm³/mol. The molecular formula is C23H29N3O2. The highest BCUT2D eigenvalue weighted by atomic mass is 16.5. The second-order valence-corrected chi connectivity index (χ2v) is 7.66. The Kier molecular flexibility index (Phi) is 6.12. The average Bonchev–Trinajstić information content (AvgIpc) is 2.75. The quantitative estimate of drug-likeness (QED) is 0.838. The zero-order valence-electron chi connectivity index (χ0n) is 16.3. The number of carbonyl (C=O) groups is 1. The molecule has 1 atom stereocenters. The molecule has 28 heavy (non-hydrogen) atoms. The molecule has 0 aromatic heterocycles. The van der Waals surface area contributed by atoms with Crippen molar-refractivity contribution in [2.45, 2.75) is 25.3 Å². The van der Waals surface area contributed by atoms with Crippen molar-refractivity contribution < 1.29 is 9.53 Å². The molecule has 0 radical (unpaired) electrons. The van der Waals surface area contributed by atoms with Crippen LogP contribution in [0.1, 0.15) is 18.4 Å². The number of anilines is 1. The van der Waals surface area contributed by atoms with E-state index >= 15 is 0 Å². The molecule has 0 spiro atoms. The smallest absolute Gasteiger partial charge is 0.220 e. The van der Waals surface area contributed by atoms with Gasteiger partial charge in [-0.3, -0.25) is 9.69 Å². The molecular weight excluding hydrogens is 350 g/mol. The second-order valence-electron chi connectivity index (χ2n) is 7.66. The van der Waals surface area contributed by atoms with Crippen LogP contribution in [0.4, 0.5) is 5.69 Å². The minimum absolute atomic E-state index is 0.0804. The van der Waals surface area contributed by atoms with Crippen molar-refractivity contribution in [2.75, 3.05) is 44.2 Å². The van der Waals surface area contributed by atoms with Crippen molar-refractivity contribution in [1.29, 1.82) is 0 Å². The van der Waals surface area contributed by atoms with Crippen molar-refractivity contribution >= 4 is 11.6 Å². The lowest BCUT2D eigenvalue weighted by molar-refractivity contribution is -0.122. The van der Waals surface area contributed by atoms with Crippen molar-refractivity contribution in [2.24, 2.45) is 0 Å². The van der Waals surface area contributed by atoms with E-state index in [9.17, 15) is 4.79 Å². The summed E-state index contributed by atoms with van der Waals surface area (Å²) in [5, 5.41) is 3.14. The summed E-state index contributed by atoms with van der Waals surface area (Å²) in [5.74, 6) is 1.08. The van der Waals surface area contributed by atoms with E-state index in [-0.39, 0.29) is 11.9 Å². The number of hydrogen-bond donors (Lipinski definition) is 1. The summed E-state index contributed by atoms with van der Waals surface area (Å²) in [7, 11) is 0. The zero-order chi connectivity index (χ0) is 19.2. The van der Waals surface area contributed by atoms with E-state index in [1.165, 1.54) is 11.3 Å². The Balaban J connectivity index is 1.14. The Morgan fingerprint density at radius 1 is 1.00 bits per heavy atom. The largest absolute Gasteiger partial charge is 0.491 e. The van der Waals surface area contributed by atoms with Gasteiger partial charge in [0.1, 0.15) is 12.4 Å². The van der Waals surface area contributed by atoms with Crippen LogP contribution in [0.3, 0.4) is 0 Å². The molecule has 0 aliphatic carbocycles. The Bertz CT molecular complexity index is 772. The molecule has 2 heterocycles. The van der Waals surface area contributed by atoms with E-state index in [0.717, 1.165) is 51.3 Å². The van der Waals surface area contributed by atoms with Crippen LogP contribution in [-0.4, -0.2) is 56.2 Å². The van der Waals surface area contributed by atoms with Gasteiger partial charge in [0.25, 0.3) is 0 Å². The third kappa shape index (κ3) is 4.84. The molecule has 148 valence electrons. The van der Waals surface area contributed by atoms with Gasteiger partial charge in [-0.15, -0.1) is 0 Å². The van der Waals surface area contributed by atoms with Crippen LogP contribution in [0.15, 0.2) is 54.6 Å². The van der Waals surface area contributed by atoms with Gasteiger partial charge >= 0.3 is 0 Å². The van der Waals surface area contributed by atoms with E-state index in [4.69, 9.17) is 4.74 Å². The van der Waals surface area contributed by atoms with Crippen LogP contribution in [0.25, 0.3) is 0 Å². The Morgan fingerprint density at radius 3 is 2.57 bits per heavy atom. The summed E-state index contributed by atoms with van der Waals surface area (Å²) in [6.07, 6.45) is 2.34. The highest BCUT2D eigenvalue weighted by Gasteiger charge is 2.21. The Labute approximate surface area is 167 Å². The molecule has 5 nitrogen and oxygen atoms in total. The standard InChI is InChI=1S/C23H29N3O2/c27-23(24-20-17-19-7-4-5-10-22(19)28-18-20)11-6-12-25-13-15-26(16-14-25)21-8-2-1-3-9-21/h1-5,7-10,20H,6,11-18H2,(H,24,27)/t20-/m0/s1. The summed E-state index contributed by atoms with van der Waals surface area (Å²) >= 11 is 0. The number of carbonyl (C=O) groups excluding carboxylic acids is 1. The monoisotopic (exact) mass is 379 g/mol. The van der Waals surface area contributed by atoms with Crippen LogP contribution < -0.4 is 15.0 Å². The van der Waals surface area contributed by atoms with Gasteiger partial charge in [-0.2, -0.15) is 0 Å². The van der Waals surface area contributed by atoms with Crippen molar-refractivity contribution in [3.63, 3.8) is 0 Å². The third-order valence-corrected chi connectivity index (χ3v) is 5.62. The van der Waals surface area contributed by atoms with E-state index in [1.807, 2.05) is 18.2 Å². The zero-order valence-corrected chi connectivity index (χ0v) is 16.3. The molecule has 0 saturated carbocycles. The second kappa shape index (κ2) is 9.11. The van der Waals surface area contributed by atoms with Gasteiger partial charge in [0.05, 0.1) is 6.04 Å². The minimum atomic E-state index is 0.0804. The van der Waals surface area contributed by atoms with Crippen LogP contribution in [0.5, 0.6) is 5.75 Å². The molecule has 4 rings (SSSR count). The predicted octanol–water partition coefficient (Wildman–Crippen LogP) is 2.71. The number of rotatable bonds is 6. The number of piperazine rings is 1. The molecule has 0 bridgehead atoms. The highest BCUT2D eigenvalue weighted by Crippen LogP contribution is 2.24. The molecule has 2 aromatic carbocycles. The van der Waals surface area contributed by atoms with Crippen molar-refractivity contribution in [3.8, 4) is 5.75 Å². The molecule has 1 saturated heterocycles. The summed E-state index contributed by atoms with van der Waals surface area (Å²) in [5.41, 5.74) is 2.48. The van der Waals surface area contributed by atoms with Crippen LogP contribution in [0.2, 0.25) is 0 Å². The lowest BCUT2D eigenvalue weighted by Crippen LogP contribution is -2.47. The first-order chi connectivity index (χ1) is 13.8. The number of para-hydroxylation sites is 2. The first-order valence-electron chi connectivity index (χ1n) is 10.3. The lowest BCUT2D eigenvalue weighted by Gasteiger charge is -2.36. The number of nitrogens with zero attached hydrogens (tertiary/aromatic N) is 2. The number of benzene rings is 2. The van der Waals surface area contributed by atoms with Crippen LogP contribution >= 0.6 is 0 Å². The van der Waals surface area contributed by atoms with Gasteiger partial charge in [-0.25, -0.2) is 0 Å². The average molecular weight is 380 g/mol. The van der Waals surface area contributed by atoms with E-state index in [0.29, 0.717) is 13.0 Å². The number of amides is 1. The fraction of sp³-hybridized carbons (Fsp3) is 0.435.